The predicted molar refractivity (Wildman–Crippen MR) is 70.5 cm³/mol. The molecule has 0 bridgehead atoms. The third-order valence-electron chi connectivity index (χ3n) is 2.86. The number of ketones is 1. The minimum Gasteiger partial charge on any atom is -0.383 e. The Balaban J connectivity index is 2.35. The van der Waals surface area contributed by atoms with Gasteiger partial charge in [0.2, 0.25) is 5.78 Å². The van der Waals surface area contributed by atoms with E-state index in [2.05, 4.69) is 10.2 Å². The first kappa shape index (κ1) is 13.8. The second kappa shape index (κ2) is 5.54. The molecule has 6 nitrogen and oxygen atoms in total. The first-order valence-corrected chi connectivity index (χ1v) is 6.18. The molecule has 0 N–H and O–H groups in total. The van der Waals surface area contributed by atoms with Crippen molar-refractivity contribution in [1.82, 2.24) is 19.6 Å². The summed E-state index contributed by atoms with van der Waals surface area (Å²) in [5.74, 6) is -0.234. The molecule has 0 saturated carbocycles. The van der Waals surface area contributed by atoms with Crippen LogP contribution in [0.2, 0.25) is 5.02 Å². The molecule has 7 heteroatoms. The van der Waals surface area contributed by atoms with Gasteiger partial charge in [-0.05, 0) is 13.0 Å². The van der Waals surface area contributed by atoms with E-state index >= 15 is 0 Å². The number of hydrogen-bond donors (Lipinski definition) is 0. The molecule has 0 unspecified atom stereocenters. The number of carbonyl (C=O) groups excluding carboxylic acids is 1. The number of aromatic nitrogens is 4. The van der Waals surface area contributed by atoms with Crippen molar-refractivity contribution in [1.29, 1.82) is 0 Å². The Bertz CT molecular complexity index is 583. The predicted octanol–water partition coefficient (Wildman–Crippen LogP) is 1.46. The van der Waals surface area contributed by atoms with Gasteiger partial charge in [-0.1, -0.05) is 11.6 Å². The lowest BCUT2D eigenvalue weighted by molar-refractivity contribution is 0.102. The Labute approximate surface area is 115 Å². The number of hydrogen-bond acceptors (Lipinski definition) is 4. The zero-order valence-corrected chi connectivity index (χ0v) is 11.8. The molecule has 0 fully saturated rings. The van der Waals surface area contributed by atoms with Crippen LogP contribution in [0.3, 0.4) is 0 Å². The summed E-state index contributed by atoms with van der Waals surface area (Å²) in [5.41, 5.74) is 1.61. The molecule has 2 heterocycles. The van der Waals surface area contributed by atoms with Crippen LogP contribution in [0, 0.1) is 6.92 Å². The van der Waals surface area contributed by atoms with Crippen LogP contribution >= 0.6 is 11.6 Å². The van der Waals surface area contributed by atoms with E-state index in [0.29, 0.717) is 29.6 Å². The molecular formula is C12H15ClN4O2. The summed E-state index contributed by atoms with van der Waals surface area (Å²) in [7, 11) is 3.38. The molecule has 0 atom stereocenters. The molecular weight excluding hydrogens is 268 g/mol. The van der Waals surface area contributed by atoms with Gasteiger partial charge in [0.15, 0.2) is 0 Å². The third-order valence-corrected chi connectivity index (χ3v) is 3.14. The number of nitrogens with zero attached hydrogens (tertiary/aromatic N) is 4. The second-order valence-corrected chi connectivity index (χ2v) is 4.59. The fourth-order valence-electron chi connectivity index (χ4n) is 1.73. The zero-order valence-electron chi connectivity index (χ0n) is 11.1. The average Bonchev–Trinajstić information content (AvgIpc) is 2.90. The van der Waals surface area contributed by atoms with Crippen LogP contribution in [0.1, 0.15) is 21.9 Å². The first-order valence-electron chi connectivity index (χ1n) is 5.80. The SMILES string of the molecule is COCCn1ncc(Cl)c1C(=O)c1cc(C)n(C)n1. The molecule has 0 saturated heterocycles. The highest BCUT2D eigenvalue weighted by atomic mass is 35.5. The quantitative estimate of drug-likeness (QED) is 0.779. The number of ether oxygens (including phenoxy) is 1. The number of halogens is 1. The largest absolute Gasteiger partial charge is 0.383 e. The highest BCUT2D eigenvalue weighted by molar-refractivity contribution is 6.34. The average molecular weight is 283 g/mol. The van der Waals surface area contributed by atoms with Crippen molar-refractivity contribution < 1.29 is 9.53 Å². The third kappa shape index (κ3) is 2.69. The van der Waals surface area contributed by atoms with E-state index in [1.165, 1.54) is 10.9 Å². The van der Waals surface area contributed by atoms with E-state index < -0.39 is 0 Å². The lowest BCUT2D eigenvalue weighted by atomic mass is 10.2. The summed E-state index contributed by atoms with van der Waals surface area (Å²) in [6.07, 6.45) is 1.46. The molecule has 0 aliphatic heterocycles. The van der Waals surface area contributed by atoms with Gasteiger partial charge >= 0.3 is 0 Å². The fraction of sp³-hybridized carbons (Fsp3) is 0.417. The van der Waals surface area contributed by atoms with E-state index in [0.717, 1.165) is 5.69 Å². The molecule has 0 aliphatic carbocycles. The highest BCUT2D eigenvalue weighted by Gasteiger charge is 2.21. The van der Waals surface area contributed by atoms with Gasteiger partial charge in [-0.3, -0.25) is 14.2 Å². The summed E-state index contributed by atoms with van der Waals surface area (Å²) in [6.45, 7) is 2.81. The molecule has 2 rings (SSSR count). The van der Waals surface area contributed by atoms with Crippen molar-refractivity contribution in [3.8, 4) is 0 Å². The maximum Gasteiger partial charge on any atom is 0.232 e. The van der Waals surface area contributed by atoms with E-state index in [-0.39, 0.29) is 5.78 Å². The van der Waals surface area contributed by atoms with Gasteiger partial charge in [-0.25, -0.2) is 0 Å². The van der Waals surface area contributed by atoms with Crippen LogP contribution in [-0.4, -0.2) is 39.1 Å². The van der Waals surface area contributed by atoms with Crippen LogP contribution < -0.4 is 0 Å². The van der Waals surface area contributed by atoms with Crippen LogP contribution in [0.4, 0.5) is 0 Å². The minimum absolute atomic E-state index is 0.234. The molecule has 102 valence electrons. The van der Waals surface area contributed by atoms with Crippen LogP contribution in [0.5, 0.6) is 0 Å². The number of methoxy groups -OCH3 is 1. The Hall–Kier alpha value is -1.66. The van der Waals surface area contributed by atoms with E-state index in [1.54, 1.807) is 24.9 Å². The highest BCUT2D eigenvalue weighted by Crippen LogP contribution is 2.19. The van der Waals surface area contributed by atoms with Gasteiger partial charge in [0.25, 0.3) is 0 Å². The Morgan fingerprint density at radius 1 is 1.53 bits per heavy atom. The number of carbonyl (C=O) groups is 1. The van der Waals surface area contributed by atoms with Gasteiger partial charge in [-0.15, -0.1) is 0 Å². The molecule has 2 aromatic heterocycles. The molecule has 0 amide bonds. The van der Waals surface area contributed by atoms with Gasteiger partial charge in [0, 0.05) is 19.9 Å². The molecule has 0 aromatic carbocycles. The topological polar surface area (TPSA) is 61.9 Å². The second-order valence-electron chi connectivity index (χ2n) is 4.18. The van der Waals surface area contributed by atoms with Gasteiger partial charge in [0.1, 0.15) is 11.4 Å². The molecule has 19 heavy (non-hydrogen) atoms. The smallest absolute Gasteiger partial charge is 0.232 e. The summed E-state index contributed by atoms with van der Waals surface area (Å²) in [6, 6.07) is 1.73. The molecule has 2 aromatic rings. The molecule has 0 spiro atoms. The monoisotopic (exact) mass is 282 g/mol. The lowest BCUT2D eigenvalue weighted by Gasteiger charge is -2.05. The summed E-state index contributed by atoms with van der Waals surface area (Å²) < 4.78 is 8.17. The fourth-order valence-corrected chi connectivity index (χ4v) is 1.96. The summed E-state index contributed by atoms with van der Waals surface area (Å²) >= 11 is 6.04. The van der Waals surface area contributed by atoms with E-state index in [9.17, 15) is 4.79 Å². The van der Waals surface area contributed by atoms with Crippen LogP contribution in [-0.2, 0) is 18.3 Å². The van der Waals surface area contributed by atoms with E-state index in [1.807, 2.05) is 6.92 Å². The maximum atomic E-state index is 12.4. The van der Waals surface area contributed by atoms with Gasteiger partial charge in [-0.2, -0.15) is 10.2 Å². The molecule has 0 aliphatic rings. The van der Waals surface area contributed by atoms with Crippen molar-refractivity contribution in [3.63, 3.8) is 0 Å². The maximum absolute atomic E-state index is 12.4. The summed E-state index contributed by atoms with van der Waals surface area (Å²) in [5, 5.41) is 8.57. The standard InChI is InChI=1S/C12H15ClN4O2/c1-8-6-10(15-16(8)2)12(18)11-9(13)7-14-17(11)4-5-19-3/h6-7H,4-5H2,1-3H3. The minimum atomic E-state index is -0.234. The van der Waals surface area contributed by atoms with Crippen molar-refractivity contribution in [2.75, 3.05) is 13.7 Å². The van der Waals surface area contributed by atoms with Gasteiger partial charge in [0.05, 0.1) is 24.4 Å². The van der Waals surface area contributed by atoms with Crippen LogP contribution in [0.25, 0.3) is 0 Å². The lowest BCUT2D eigenvalue weighted by Crippen LogP contribution is -2.15. The normalized spacial score (nSPS) is 10.9. The zero-order chi connectivity index (χ0) is 14.0. The van der Waals surface area contributed by atoms with E-state index in [4.69, 9.17) is 16.3 Å². The van der Waals surface area contributed by atoms with Gasteiger partial charge < -0.3 is 4.74 Å². The Kier molecular flexibility index (Phi) is 4.01. The Morgan fingerprint density at radius 3 is 2.84 bits per heavy atom. The van der Waals surface area contributed by atoms with Crippen molar-refractivity contribution in [3.05, 3.63) is 34.4 Å². The molecule has 0 radical (unpaired) electrons. The summed E-state index contributed by atoms with van der Waals surface area (Å²) in [4.78, 5) is 12.4. The number of aryl methyl sites for hydroxylation is 2. The van der Waals surface area contributed by atoms with Crippen LogP contribution in [0.15, 0.2) is 12.3 Å². The first-order chi connectivity index (χ1) is 9.04. The van der Waals surface area contributed by atoms with Crippen molar-refractivity contribution >= 4 is 17.4 Å². The van der Waals surface area contributed by atoms with Crippen molar-refractivity contribution in [2.24, 2.45) is 7.05 Å². The number of rotatable bonds is 5. The van der Waals surface area contributed by atoms with Crippen molar-refractivity contribution in [2.45, 2.75) is 13.5 Å². The Morgan fingerprint density at radius 2 is 2.26 bits per heavy atom.